The van der Waals surface area contributed by atoms with Crippen LogP contribution in [0.2, 0.25) is 0 Å². The second kappa shape index (κ2) is 7.02. The van der Waals surface area contributed by atoms with Crippen LogP contribution in [0.3, 0.4) is 0 Å². The highest BCUT2D eigenvalue weighted by Crippen LogP contribution is 2.55. The molecule has 4 fully saturated rings. The Morgan fingerprint density at radius 1 is 1.31 bits per heavy atom. The van der Waals surface area contributed by atoms with E-state index in [-0.39, 0.29) is 22.3 Å². The fourth-order valence-corrected chi connectivity index (χ4v) is 6.60. The lowest BCUT2D eigenvalue weighted by Crippen LogP contribution is -2.60. The first-order valence-corrected chi connectivity index (χ1v) is 10.9. The van der Waals surface area contributed by atoms with Crippen LogP contribution in [-0.2, 0) is 11.2 Å². The smallest absolute Gasteiger partial charge is 0.251 e. The standard InChI is InChI=1S/C20H29N3O2S/c1-3-4-16-8-17(24)22-19(21-16)26-12(2)18(25)23-20-9-13-5-14(10-20)7-15(6-13)11-20/h8,12-15H,3-7,9-11H2,1-2H3,(H,23,25)(H,21,22,24). The minimum Gasteiger partial charge on any atom is -0.350 e. The number of carbonyl (C=O) groups is 1. The molecule has 4 saturated carbocycles. The lowest BCUT2D eigenvalue weighted by Gasteiger charge is -2.57. The maximum absolute atomic E-state index is 12.9. The van der Waals surface area contributed by atoms with E-state index in [0.717, 1.165) is 55.6 Å². The van der Waals surface area contributed by atoms with Gasteiger partial charge in [-0.1, -0.05) is 25.1 Å². The molecule has 0 aromatic carbocycles. The van der Waals surface area contributed by atoms with Crippen LogP contribution in [0.25, 0.3) is 0 Å². The quantitative estimate of drug-likeness (QED) is 0.591. The summed E-state index contributed by atoms with van der Waals surface area (Å²) >= 11 is 1.36. The Hall–Kier alpha value is -1.30. The van der Waals surface area contributed by atoms with E-state index in [1.165, 1.54) is 31.0 Å². The zero-order valence-corrected chi connectivity index (χ0v) is 16.5. The molecule has 1 aromatic rings. The minimum absolute atomic E-state index is 0.0333. The van der Waals surface area contributed by atoms with Gasteiger partial charge in [0.2, 0.25) is 5.91 Å². The molecule has 0 saturated heterocycles. The van der Waals surface area contributed by atoms with E-state index >= 15 is 0 Å². The average molecular weight is 376 g/mol. The van der Waals surface area contributed by atoms with Crippen LogP contribution in [0.4, 0.5) is 0 Å². The summed E-state index contributed by atoms with van der Waals surface area (Å²) in [6, 6.07) is 1.55. The van der Waals surface area contributed by atoms with Gasteiger partial charge in [-0.05, 0) is 69.6 Å². The van der Waals surface area contributed by atoms with Crippen LogP contribution in [0.5, 0.6) is 0 Å². The third kappa shape index (κ3) is 3.71. The summed E-state index contributed by atoms with van der Waals surface area (Å²) in [6.07, 6.45) is 9.31. The molecule has 26 heavy (non-hydrogen) atoms. The van der Waals surface area contributed by atoms with E-state index in [9.17, 15) is 9.59 Å². The van der Waals surface area contributed by atoms with Crippen molar-refractivity contribution in [1.29, 1.82) is 0 Å². The molecule has 142 valence electrons. The molecule has 0 radical (unpaired) electrons. The Morgan fingerprint density at radius 3 is 2.50 bits per heavy atom. The van der Waals surface area contributed by atoms with E-state index in [4.69, 9.17) is 0 Å². The summed E-state index contributed by atoms with van der Waals surface area (Å²) in [5.74, 6) is 2.52. The maximum Gasteiger partial charge on any atom is 0.251 e. The lowest BCUT2D eigenvalue weighted by atomic mass is 9.53. The molecule has 5 nitrogen and oxygen atoms in total. The molecule has 4 aliphatic carbocycles. The fourth-order valence-electron chi connectivity index (χ4n) is 5.77. The monoisotopic (exact) mass is 375 g/mol. The Morgan fingerprint density at radius 2 is 1.92 bits per heavy atom. The molecule has 0 spiro atoms. The molecule has 1 aromatic heterocycles. The van der Waals surface area contributed by atoms with Crippen LogP contribution >= 0.6 is 11.8 Å². The highest BCUT2D eigenvalue weighted by atomic mass is 32.2. The molecule has 1 heterocycles. The first-order chi connectivity index (χ1) is 12.4. The summed E-state index contributed by atoms with van der Waals surface area (Å²) in [5, 5.41) is 3.71. The van der Waals surface area contributed by atoms with Gasteiger partial charge in [0.05, 0.1) is 5.25 Å². The largest absolute Gasteiger partial charge is 0.350 e. The van der Waals surface area contributed by atoms with Crippen molar-refractivity contribution in [2.24, 2.45) is 17.8 Å². The Kier molecular flexibility index (Phi) is 4.88. The van der Waals surface area contributed by atoms with Gasteiger partial charge < -0.3 is 10.3 Å². The maximum atomic E-state index is 12.9. The number of hydrogen-bond donors (Lipinski definition) is 2. The molecule has 1 unspecified atom stereocenters. The van der Waals surface area contributed by atoms with E-state index in [1.807, 2.05) is 6.92 Å². The Bertz CT molecular complexity index is 710. The predicted octanol–water partition coefficient (Wildman–Crippen LogP) is 3.29. The van der Waals surface area contributed by atoms with Crippen LogP contribution in [0, 0.1) is 17.8 Å². The lowest BCUT2D eigenvalue weighted by molar-refractivity contribution is -0.126. The molecule has 4 aliphatic rings. The second-order valence-corrected chi connectivity index (χ2v) is 10.1. The molecule has 4 bridgehead atoms. The summed E-state index contributed by atoms with van der Waals surface area (Å²) in [7, 11) is 0. The minimum atomic E-state index is -0.261. The van der Waals surface area contributed by atoms with E-state index < -0.39 is 0 Å². The number of rotatable bonds is 6. The van der Waals surface area contributed by atoms with E-state index in [1.54, 1.807) is 6.07 Å². The van der Waals surface area contributed by atoms with Gasteiger partial charge in [0.15, 0.2) is 5.16 Å². The van der Waals surface area contributed by atoms with Crippen molar-refractivity contribution in [3.05, 3.63) is 22.1 Å². The van der Waals surface area contributed by atoms with Crippen molar-refractivity contribution in [2.45, 2.75) is 81.2 Å². The number of amides is 1. The number of aromatic amines is 1. The number of aromatic nitrogens is 2. The summed E-state index contributed by atoms with van der Waals surface area (Å²) in [5.41, 5.74) is 0.693. The predicted molar refractivity (Wildman–Crippen MR) is 103 cm³/mol. The molecule has 1 amide bonds. The fraction of sp³-hybridized carbons (Fsp3) is 0.750. The normalized spacial score (nSPS) is 33.2. The highest BCUT2D eigenvalue weighted by molar-refractivity contribution is 8.00. The number of nitrogens with zero attached hydrogens (tertiary/aromatic N) is 1. The zero-order chi connectivity index (χ0) is 18.3. The topological polar surface area (TPSA) is 74.8 Å². The highest BCUT2D eigenvalue weighted by Gasteiger charge is 2.51. The Labute approximate surface area is 159 Å². The number of thioether (sulfide) groups is 1. The number of nitrogens with one attached hydrogen (secondary N) is 2. The molecule has 0 aliphatic heterocycles. The molecular formula is C20H29N3O2S. The van der Waals surface area contributed by atoms with Gasteiger partial charge in [-0.2, -0.15) is 0 Å². The van der Waals surface area contributed by atoms with Gasteiger partial charge >= 0.3 is 0 Å². The van der Waals surface area contributed by atoms with Crippen LogP contribution in [0.15, 0.2) is 16.0 Å². The van der Waals surface area contributed by atoms with Crippen LogP contribution < -0.4 is 10.9 Å². The Balaban J connectivity index is 1.42. The van der Waals surface area contributed by atoms with Gasteiger partial charge in [0, 0.05) is 17.3 Å². The molecule has 2 N–H and O–H groups in total. The number of aryl methyl sites for hydroxylation is 1. The van der Waals surface area contributed by atoms with Crippen molar-refractivity contribution in [3.63, 3.8) is 0 Å². The molecule has 5 rings (SSSR count). The number of carbonyl (C=O) groups excluding carboxylic acids is 1. The second-order valence-electron chi connectivity index (χ2n) is 8.74. The van der Waals surface area contributed by atoms with Crippen molar-refractivity contribution in [3.8, 4) is 0 Å². The molecule has 1 atom stereocenters. The first-order valence-electron chi connectivity index (χ1n) is 10.0. The van der Waals surface area contributed by atoms with Crippen LogP contribution in [-0.4, -0.2) is 26.7 Å². The first kappa shape index (κ1) is 18.1. The van der Waals surface area contributed by atoms with E-state index in [0.29, 0.717) is 5.16 Å². The van der Waals surface area contributed by atoms with Crippen molar-refractivity contribution in [1.82, 2.24) is 15.3 Å². The van der Waals surface area contributed by atoms with Gasteiger partial charge in [-0.3, -0.25) is 9.59 Å². The summed E-state index contributed by atoms with van der Waals surface area (Å²) in [6.45, 7) is 3.98. The van der Waals surface area contributed by atoms with Gasteiger partial charge in [0.1, 0.15) is 0 Å². The summed E-state index contributed by atoms with van der Waals surface area (Å²) < 4.78 is 0. The van der Waals surface area contributed by atoms with Crippen molar-refractivity contribution < 1.29 is 4.79 Å². The van der Waals surface area contributed by atoms with Crippen molar-refractivity contribution >= 4 is 17.7 Å². The molecular weight excluding hydrogens is 346 g/mol. The summed E-state index contributed by atoms with van der Waals surface area (Å²) in [4.78, 5) is 32.0. The van der Waals surface area contributed by atoms with Crippen molar-refractivity contribution in [2.75, 3.05) is 0 Å². The third-order valence-electron chi connectivity index (χ3n) is 6.36. The van der Waals surface area contributed by atoms with Gasteiger partial charge in [-0.15, -0.1) is 0 Å². The van der Waals surface area contributed by atoms with Crippen LogP contribution in [0.1, 0.15) is 64.5 Å². The number of H-pyrrole nitrogens is 1. The van der Waals surface area contributed by atoms with E-state index in [2.05, 4.69) is 22.2 Å². The zero-order valence-electron chi connectivity index (χ0n) is 15.7. The molecule has 6 heteroatoms. The van der Waals surface area contributed by atoms with Gasteiger partial charge in [0.25, 0.3) is 5.56 Å². The average Bonchev–Trinajstić information content (AvgIpc) is 2.52. The van der Waals surface area contributed by atoms with Gasteiger partial charge in [-0.25, -0.2) is 4.98 Å². The number of hydrogen-bond acceptors (Lipinski definition) is 4. The SMILES string of the molecule is CCCc1cc(=O)[nH]c(SC(C)C(=O)NC23CC4CC(CC(C4)C2)C3)n1. The third-order valence-corrected chi connectivity index (χ3v) is 7.35.